The van der Waals surface area contributed by atoms with Crippen molar-refractivity contribution in [1.29, 1.82) is 0 Å². The average molecular weight is 201 g/mol. The Bertz CT molecular complexity index is 153. The summed E-state index contributed by atoms with van der Waals surface area (Å²) in [4.78, 5) is 0. The zero-order valence-electron chi connectivity index (χ0n) is 9.38. The smallest absolute Gasteiger partial charge is 0.0743 e. The van der Waals surface area contributed by atoms with Crippen LogP contribution < -0.4 is 5.32 Å². The molecule has 14 heavy (non-hydrogen) atoms. The molecule has 0 aromatic rings. The largest absolute Gasteiger partial charge is 0.389 e. The molecular formula is C11H23NO2. The standard InChI is InChI=1S/C11H23NO2/c1-3-6-11(2,13)9-12-10-5-4-7-14-8-10/h10,12-13H,3-9H2,1-2H3. The minimum atomic E-state index is -0.563. The van der Waals surface area contributed by atoms with Gasteiger partial charge in [-0.25, -0.2) is 0 Å². The van der Waals surface area contributed by atoms with E-state index in [-0.39, 0.29) is 0 Å². The van der Waals surface area contributed by atoms with E-state index < -0.39 is 5.60 Å². The van der Waals surface area contributed by atoms with Crippen molar-refractivity contribution in [3.8, 4) is 0 Å². The van der Waals surface area contributed by atoms with Gasteiger partial charge in [0.2, 0.25) is 0 Å². The highest BCUT2D eigenvalue weighted by Gasteiger charge is 2.21. The van der Waals surface area contributed by atoms with E-state index in [1.54, 1.807) is 0 Å². The average Bonchev–Trinajstić information content (AvgIpc) is 2.17. The Labute approximate surface area is 86.8 Å². The number of aliphatic hydroxyl groups is 1. The summed E-state index contributed by atoms with van der Waals surface area (Å²) in [6.45, 7) is 6.35. The van der Waals surface area contributed by atoms with Crippen LogP contribution in [0.4, 0.5) is 0 Å². The van der Waals surface area contributed by atoms with E-state index in [2.05, 4.69) is 12.2 Å². The topological polar surface area (TPSA) is 41.5 Å². The van der Waals surface area contributed by atoms with Gasteiger partial charge in [0.25, 0.3) is 0 Å². The van der Waals surface area contributed by atoms with Crippen molar-refractivity contribution in [3.63, 3.8) is 0 Å². The third-order valence-corrected chi connectivity index (χ3v) is 2.72. The molecule has 2 N–H and O–H groups in total. The van der Waals surface area contributed by atoms with Gasteiger partial charge in [-0.15, -0.1) is 0 Å². The third-order valence-electron chi connectivity index (χ3n) is 2.72. The third kappa shape index (κ3) is 4.40. The zero-order valence-corrected chi connectivity index (χ0v) is 9.38. The van der Waals surface area contributed by atoms with Gasteiger partial charge in [-0.05, 0) is 26.2 Å². The van der Waals surface area contributed by atoms with Gasteiger partial charge >= 0.3 is 0 Å². The first-order valence-electron chi connectivity index (χ1n) is 5.67. The number of rotatable bonds is 5. The minimum Gasteiger partial charge on any atom is -0.389 e. The van der Waals surface area contributed by atoms with Crippen molar-refractivity contribution >= 4 is 0 Å². The fourth-order valence-corrected chi connectivity index (χ4v) is 1.89. The van der Waals surface area contributed by atoms with E-state index in [1.165, 1.54) is 6.42 Å². The summed E-state index contributed by atoms with van der Waals surface area (Å²) >= 11 is 0. The van der Waals surface area contributed by atoms with Crippen LogP contribution in [0.5, 0.6) is 0 Å². The Balaban J connectivity index is 2.17. The van der Waals surface area contributed by atoms with Gasteiger partial charge in [0, 0.05) is 19.2 Å². The Hall–Kier alpha value is -0.120. The van der Waals surface area contributed by atoms with E-state index in [1.807, 2.05) is 6.92 Å². The van der Waals surface area contributed by atoms with Crippen LogP contribution in [0.2, 0.25) is 0 Å². The van der Waals surface area contributed by atoms with Crippen LogP contribution in [0.25, 0.3) is 0 Å². The summed E-state index contributed by atoms with van der Waals surface area (Å²) in [5.41, 5.74) is -0.563. The maximum atomic E-state index is 9.94. The normalized spacial score (nSPS) is 27.2. The second-order valence-electron chi connectivity index (χ2n) is 4.54. The molecule has 2 atom stereocenters. The summed E-state index contributed by atoms with van der Waals surface area (Å²) in [5, 5.41) is 13.3. The highest BCUT2D eigenvalue weighted by Crippen LogP contribution is 2.12. The zero-order chi connectivity index (χ0) is 10.4. The summed E-state index contributed by atoms with van der Waals surface area (Å²) in [6, 6.07) is 0.437. The van der Waals surface area contributed by atoms with Gasteiger partial charge in [0.05, 0.1) is 12.2 Å². The summed E-state index contributed by atoms with van der Waals surface area (Å²) < 4.78 is 5.36. The quantitative estimate of drug-likeness (QED) is 0.704. The maximum absolute atomic E-state index is 9.94. The van der Waals surface area contributed by atoms with Crippen molar-refractivity contribution in [2.45, 2.75) is 51.2 Å². The first-order chi connectivity index (χ1) is 6.64. The number of hydrogen-bond acceptors (Lipinski definition) is 3. The molecule has 1 rings (SSSR count). The molecule has 0 amide bonds. The van der Waals surface area contributed by atoms with Crippen LogP contribution >= 0.6 is 0 Å². The Morgan fingerprint density at radius 3 is 2.93 bits per heavy atom. The molecule has 3 heteroatoms. The van der Waals surface area contributed by atoms with Crippen molar-refractivity contribution in [2.24, 2.45) is 0 Å². The van der Waals surface area contributed by atoms with E-state index in [9.17, 15) is 5.11 Å². The summed E-state index contributed by atoms with van der Waals surface area (Å²) in [6.07, 6.45) is 4.18. The van der Waals surface area contributed by atoms with Crippen LogP contribution in [0, 0.1) is 0 Å². The highest BCUT2D eigenvalue weighted by molar-refractivity contribution is 4.79. The van der Waals surface area contributed by atoms with E-state index >= 15 is 0 Å². The molecule has 0 aliphatic carbocycles. The fourth-order valence-electron chi connectivity index (χ4n) is 1.89. The molecule has 0 aromatic carbocycles. The van der Waals surface area contributed by atoms with Crippen LogP contribution in [0.3, 0.4) is 0 Å². The van der Waals surface area contributed by atoms with Crippen molar-refractivity contribution < 1.29 is 9.84 Å². The lowest BCUT2D eigenvalue weighted by molar-refractivity contribution is 0.0290. The van der Waals surface area contributed by atoms with Crippen LogP contribution in [0.15, 0.2) is 0 Å². The summed E-state index contributed by atoms with van der Waals surface area (Å²) in [7, 11) is 0. The van der Waals surface area contributed by atoms with Crippen LogP contribution in [0.1, 0.15) is 39.5 Å². The van der Waals surface area contributed by atoms with Crippen molar-refractivity contribution in [1.82, 2.24) is 5.32 Å². The molecule has 1 saturated heterocycles. The van der Waals surface area contributed by atoms with E-state index in [0.29, 0.717) is 12.6 Å². The number of nitrogens with one attached hydrogen (secondary N) is 1. The van der Waals surface area contributed by atoms with Gasteiger partial charge in [0.1, 0.15) is 0 Å². The lowest BCUT2D eigenvalue weighted by Crippen LogP contribution is -2.45. The number of hydrogen-bond donors (Lipinski definition) is 2. The molecule has 0 saturated carbocycles. The van der Waals surface area contributed by atoms with Gasteiger partial charge in [-0.3, -0.25) is 0 Å². The molecule has 1 fully saturated rings. The van der Waals surface area contributed by atoms with Crippen molar-refractivity contribution in [3.05, 3.63) is 0 Å². The molecule has 0 aromatic heterocycles. The van der Waals surface area contributed by atoms with Crippen molar-refractivity contribution in [2.75, 3.05) is 19.8 Å². The molecule has 1 heterocycles. The van der Waals surface area contributed by atoms with Gasteiger partial charge in [-0.2, -0.15) is 0 Å². The maximum Gasteiger partial charge on any atom is 0.0743 e. The van der Waals surface area contributed by atoms with Gasteiger partial charge in [-0.1, -0.05) is 13.3 Å². The summed E-state index contributed by atoms with van der Waals surface area (Å²) in [5.74, 6) is 0. The van der Waals surface area contributed by atoms with E-state index in [4.69, 9.17) is 4.74 Å². The van der Waals surface area contributed by atoms with Crippen LogP contribution in [-0.2, 0) is 4.74 Å². The molecule has 0 bridgehead atoms. The molecule has 0 spiro atoms. The monoisotopic (exact) mass is 201 g/mol. The van der Waals surface area contributed by atoms with Crippen LogP contribution in [-0.4, -0.2) is 36.5 Å². The van der Waals surface area contributed by atoms with E-state index in [0.717, 1.165) is 32.5 Å². The van der Waals surface area contributed by atoms with Gasteiger partial charge in [0.15, 0.2) is 0 Å². The lowest BCUT2D eigenvalue weighted by Gasteiger charge is -2.29. The molecule has 1 aliphatic rings. The first-order valence-corrected chi connectivity index (χ1v) is 5.67. The minimum absolute atomic E-state index is 0.437. The SMILES string of the molecule is CCCC(C)(O)CNC1CCCOC1. The highest BCUT2D eigenvalue weighted by atomic mass is 16.5. The molecular weight excluding hydrogens is 178 g/mol. The fraction of sp³-hybridized carbons (Fsp3) is 1.00. The molecule has 3 nitrogen and oxygen atoms in total. The second kappa shape index (κ2) is 5.69. The first kappa shape index (κ1) is 12.0. The Morgan fingerprint density at radius 2 is 2.36 bits per heavy atom. The Morgan fingerprint density at radius 1 is 1.57 bits per heavy atom. The predicted octanol–water partition coefficient (Wildman–Crippen LogP) is 1.31. The molecule has 84 valence electrons. The Kier molecular flexibility index (Phi) is 4.85. The van der Waals surface area contributed by atoms with Gasteiger partial charge < -0.3 is 15.2 Å². The predicted molar refractivity (Wildman–Crippen MR) is 57.4 cm³/mol. The number of ether oxygens (including phenoxy) is 1. The second-order valence-corrected chi connectivity index (χ2v) is 4.54. The lowest BCUT2D eigenvalue weighted by atomic mass is 10.00. The molecule has 0 radical (unpaired) electrons. The molecule has 2 unspecified atom stereocenters. The molecule has 1 aliphatic heterocycles.